The first-order valence-corrected chi connectivity index (χ1v) is 16.8. The zero-order chi connectivity index (χ0) is 30.3. The largest absolute Gasteiger partial charge is 0.313 e. The first kappa shape index (κ1) is 29.4. The molecule has 11 heteroatoms. The number of carbonyl (C=O) groups excluding carboxylic acids is 2. The van der Waals surface area contributed by atoms with Crippen molar-refractivity contribution in [1.82, 2.24) is 19.0 Å². The first-order chi connectivity index (χ1) is 20.7. The summed E-state index contributed by atoms with van der Waals surface area (Å²) in [6, 6.07) is 15.8. The minimum Gasteiger partial charge on any atom is -0.313 e. The van der Waals surface area contributed by atoms with Crippen LogP contribution in [-0.2, 0) is 36.0 Å². The van der Waals surface area contributed by atoms with E-state index in [9.17, 15) is 18.0 Å². The van der Waals surface area contributed by atoms with E-state index in [4.69, 9.17) is 0 Å². The fraction of sp³-hybridized carbons (Fsp3) is 0.344. The fourth-order valence-corrected chi connectivity index (χ4v) is 8.69. The van der Waals surface area contributed by atoms with Crippen LogP contribution in [0.2, 0.25) is 0 Å². The summed E-state index contributed by atoms with van der Waals surface area (Å²) in [5.74, 6) is -0.658. The van der Waals surface area contributed by atoms with Gasteiger partial charge in [-0.05, 0) is 86.7 Å². The Morgan fingerprint density at radius 2 is 1.72 bits per heavy atom. The maximum Gasteiger partial charge on any atom is 0.281 e. The summed E-state index contributed by atoms with van der Waals surface area (Å²) in [5.41, 5.74) is 5.43. The lowest BCUT2D eigenvalue weighted by molar-refractivity contribution is 0.0942. The van der Waals surface area contributed by atoms with Crippen molar-refractivity contribution in [3.63, 3.8) is 0 Å². The number of anilines is 1. The summed E-state index contributed by atoms with van der Waals surface area (Å²) in [6.07, 6.45) is 2.42. The lowest BCUT2D eigenvalue weighted by Crippen LogP contribution is -2.35. The quantitative estimate of drug-likeness (QED) is 0.313. The molecule has 0 unspecified atom stereocenters. The number of aromatic nitrogens is 2. The molecular weight excluding hydrogens is 583 g/mol. The molecule has 0 atom stereocenters. The summed E-state index contributed by atoms with van der Waals surface area (Å²) in [6.45, 7) is 9.12. The lowest BCUT2D eigenvalue weighted by Gasteiger charge is -2.28. The van der Waals surface area contributed by atoms with E-state index in [1.807, 2.05) is 44.2 Å². The van der Waals surface area contributed by atoms with Gasteiger partial charge < -0.3 is 5.32 Å². The predicted octanol–water partition coefficient (Wildman–Crippen LogP) is 5.02. The minimum absolute atomic E-state index is 0.145. The molecule has 9 nitrogen and oxygen atoms in total. The van der Waals surface area contributed by atoms with Gasteiger partial charge in [-0.2, -0.15) is 9.40 Å². The van der Waals surface area contributed by atoms with Crippen molar-refractivity contribution in [3.05, 3.63) is 98.7 Å². The van der Waals surface area contributed by atoms with E-state index in [0.29, 0.717) is 35.6 Å². The molecule has 2 aliphatic rings. The summed E-state index contributed by atoms with van der Waals surface area (Å²) in [7, 11) is -3.72. The van der Waals surface area contributed by atoms with Gasteiger partial charge in [0.2, 0.25) is 10.0 Å². The van der Waals surface area contributed by atoms with E-state index in [-0.39, 0.29) is 10.8 Å². The topological polar surface area (TPSA) is 105 Å². The highest BCUT2D eigenvalue weighted by Crippen LogP contribution is 2.38. The van der Waals surface area contributed by atoms with Gasteiger partial charge in [0.25, 0.3) is 11.8 Å². The number of hydrogen-bond acceptors (Lipinski definition) is 7. The molecular formula is C32H35N5O4S2. The Bertz CT molecular complexity index is 1810. The van der Waals surface area contributed by atoms with Crippen molar-refractivity contribution in [1.29, 1.82) is 0 Å². The Balaban J connectivity index is 1.25. The zero-order valence-electron chi connectivity index (χ0n) is 24.6. The number of hydrogen-bond donors (Lipinski definition) is 1. The number of fused-ring (bicyclic) bond motifs is 2. The number of rotatable bonds is 7. The first-order valence-electron chi connectivity index (χ1n) is 14.6. The summed E-state index contributed by atoms with van der Waals surface area (Å²) < 4.78 is 29.7. The van der Waals surface area contributed by atoms with E-state index in [1.165, 1.54) is 50.2 Å². The van der Waals surface area contributed by atoms with Gasteiger partial charge in [-0.15, -0.1) is 11.3 Å². The molecule has 6 rings (SSSR count). The summed E-state index contributed by atoms with van der Waals surface area (Å²) in [4.78, 5) is 30.9. The Morgan fingerprint density at radius 3 is 2.42 bits per heavy atom. The van der Waals surface area contributed by atoms with Gasteiger partial charge in [0.1, 0.15) is 5.00 Å². The molecule has 0 aliphatic carbocycles. The van der Waals surface area contributed by atoms with Gasteiger partial charge in [-0.1, -0.05) is 31.2 Å². The van der Waals surface area contributed by atoms with Crippen LogP contribution in [0.5, 0.6) is 0 Å². The molecule has 1 amide bonds. The minimum atomic E-state index is -3.72. The molecule has 1 N–H and O–H groups in total. The summed E-state index contributed by atoms with van der Waals surface area (Å²) in [5, 5.41) is 7.88. The van der Waals surface area contributed by atoms with Crippen molar-refractivity contribution in [2.45, 2.75) is 58.0 Å². The number of carbonyl (C=O) groups is 2. The molecule has 0 saturated heterocycles. The lowest BCUT2D eigenvalue weighted by atomic mass is 10.0. The third-order valence-electron chi connectivity index (χ3n) is 8.17. The second-order valence-electron chi connectivity index (χ2n) is 11.2. The highest BCUT2D eigenvalue weighted by atomic mass is 32.2. The van der Waals surface area contributed by atoms with Crippen LogP contribution in [0.3, 0.4) is 0 Å². The number of thiophene rings is 1. The van der Waals surface area contributed by atoms with Crippen LogP contribution >= 0.6 is 11.3 Å². The molecule has 4 heterocycles. The molecule has 4 aromatic rings. The fourth-order valence-electron chi connectivity index (χ4n) is 6.00. The SMILES string of the molecule is CCCN1CCc2c(sc(NC(=O)c3ccc(S(=O)(=O)N4CCc5ccccc5C4)cc3)c2C(=O)n2nc(C)cc2C)C1. The van der Waals surface area contributed by atoms with Crippen LogP contribution in [0.4, 0.5) is 5.00 Å². The van der Waals surface area contributed by atoms with E-state index in [2.05, 4.69) is 22.2 Å². The number of amides is 1. The van der Waals surface area contributed by atoms with Gasteiger partial charge in [0.05, 0.1) is 16.2 Å². The number of nitrogens with zero attached hydrogens (tertiary/aromatic N) is 4. The highest BCUT2D eigenvalue weighted by molar-refractivity contribution is 7.89. The van der Waals surface area contributed by atoms with Gasteiger partial charge in [0.15, 0.2) is 0 Å². The normalized spacial score (nSPS) is 15.6. The van der Waals surface area contributed by atoms with Gasteiger partial charge in [0, 0.05) is 42.3 Å². The predicted molar refractivity (Wildman–Crippen MR) is 167 cm³/mol. The van der Waals surface area contributed by atoms with E-state index in [1.54, 1.807) is 0 Å². The van der Waals surface area contributed by atoms with Crippen molar-refractivity contribution in [3.8, 4) is 0 Å². The molecule has 2 aromatic heterocycles. The maximum absolute atomic E-state index is 13.8. The molecule has 2 aliphatic heterocycles. The molecule has 2 aromatic carbocycles. The zero-order valence-corrected chi connectivity index (χ0v) is 26.2. The monoisotopic (exact) mass is 617 g/mol. The third kappa shape index (κ3) is 5.70. The van der Waals surface area contributed by atoms with Crippen LogP contribution in [0, 0.1) is 13.8 Å². The molecule has 0 bridgehead atoms. The Morgan fingerprint density at radius 1 is 0.977 bits per heavy atom. The molecule has 224 valence electrons. The molecule has 0 radical (unpaired) electrons. The molecule has 43 heavy (non-hydrogen) atoms. The summed E-state index contributed by atoms with van der Waals surface area (Å²) >= 11 is 1.43. The average molecular weight is 618 g/mol. The standard InChI is InChI=1S/C32H35N5O4S2/c1-4-15-35-16-14-27-28(20-35)42-31(29(27)32(39)37-22(3)18-21(2)34-37)33-30(38)24-9-11-26(12-10-24)43(40,41)36-17-13-23-7-5-6-8-25(23)19-36/h5-12,18H,4,13-17,19-20H2,1-3H3,(H,33,38). The van der Waals surface area contributed by atoms with Crippen LogP contribution < -0.4 is 5.32 Å². The van der Waals surface area contributed by atoms with Crippen LogP contribution in [0.25, 0.3) is 0 Å². The second-order valence-corrected chi connectivity index (χ2v) is 14.3. The number of nitrogens with one attached hydrogen (secondary N) is 1. The van der Waals surface area contributed by atoms with Gasteiger partial charge in [-0.25, -0.2) is 13.1 Å². The maximum atomic E-state index is 13.8. The van der Waals surface area contributed by atoms with Gasteiger partial charge in [-0.3, -0.25) is 14.5 Å². The smallest absolute Gasteiger partial charge is 0.281 e. The number of benzene rings is 2. The number of sulfonamides is 1. The second kappa shape index (κ2) is 11.8. The Hall–Kier alpha value is -3.64. The van der Waals surface area contributed by atoms with E-state index in [0.717, 1.165) is 59.9 Å². The van der Waals surface area contributed by atoms with Crippen molar-refractivity contribution in [2.24, 2.45) is 0 Å². The highest BCUT2D eigenvalue weighted by Gasteiger charge is 2.31. The number of aryl methyl sites for hydroxylation is 2. The Labute approximate surface area is 256 Å². The van der Waals surface area contributed by atoms with Crippen LogP contribution in [0.1, 0.15) is 67.0 Å². The Kier molecular flexibility index (Phi) is 8.08. The van der Waals surface area contributed by atoms with Crippen LogP contribution in [-0.4, -0.2) is 58.9 Å². The third-order valence-corrected chi connectivity index (χ3v) is 11.2. The van der Waals surface area contributed by atoms with E-state index < -0.39 is 15.9 Å². The molecule has 0 saturated carbocycles. The van der Waals surface area contributed by atoms with Crippen molar-refractivity contribution in [2.75, 3.05) is 25.0 Å². The van der Waals surface area contributed by atoms with Gasteiger partial charge >= 0.3 is 0 Å². The average Bonchev–Trinajstić information content (AvgIpc) is 3.54. The molecule has 0 spiro atoms. The molecule has 0 fully saturated rings. The van der Waals surface area contributed by atoms with Crippen LogP contribution in [0.15, 0.2) is 59.5 Å². The van der Waals surface area contributed by atoms with E-state index >= 15 is 0 Å². The van der Waals surface area contributed by atoms with Crippen molar-refractivity contribution < 1.29 is 18.0 Å². The van der Waals surface area contributed by atoms with Crippen molar-refractivity contribution >= 4 is 38.2 Å².